The molecule has 3 fully saturated rings. The summed E-state index contributed by atoms with van der Waals surface area (Å²) in [5.74, 6) is 0.808. The van der Waals surface area contributed by atoms with Crippen LogP contribution in [0.3, 0.4) is 0 Å². The molecule has 102 valence electrons. The van der Waals surface area contributed by atoms with Crippen molar-refractivity contribution in [3.63, 3.8) is 0 Å². The highest BCUT2D eigenvalue weighted by molar-refractivity contribution is 5.92. The minimum Gasteiger partial charge on any atom is -0.469 e. The van der Waals surface area contributed by atoms with Crippen LogP contribution in [0.5, 0.6) is 0 Å². The molecule has 19 heavy (non-hydrogen) atoms. The highest BCUT2D eigenvalue weighted by Gasteiger charge is 2.89. The van der Waals surface area contributed by atoms with Crippen molar-refractivity contribution >= 4 is 11.8 Å². The van der Waals surface area contributed by atoms with Crippen molar-refractivity contribution in [2.45, 2.75) is 27.2 Å². The van der Waals surface area contributed by atoms with Gasteiger partial charge in [-0.2, -0.15) is 0 Å². The van der Waals surface area contributed by atoms with Crippen LogP contribution < -0.4 is 0 Å². The van der Waals surface area contributed by atoms with E-state index in [4.69, 9.17) is 4.74 Å². The zero-order chi connectivity index (χ0) is 13.8. The first-order chi connectivity index (χ1) is 8.83. The van der Waals surface area contributed by atoms with E-state index in [9.17, 15) is 9.59 Å². The molecule has 4 bridgehead atoms. The summed E-state index contributed by atoms with van der Waals surface area (Å²) in [5, 5.41) is 0. The molecule has 0 N–H and O–H groups in total. The van der Waals surface area contributed by atoms with Gasteiger partial charge in [-0.15, -0.1) is 0 Å². The van der Waals surface area contributed by atoms with Crippen LogP contribution in [-0.2, 0) is 14.3 Å². The molecule has 0 aromatic carbocycles. The number of ether oxygens (including phenoxy) is 1. The first kappa shape index (κ1) is 11.7. The number of esters is 1. The Kier molecular flexibility index (Phi) is 1.73. The van der Waals surface area contributed by atoms with Gasteiger partial charge in [0.1, 0.15) is 5.78 Å². The molecule has 0 aromatic rings. The lowest BCUT2D eigenvalue weighted by Crippen LogP contribution is -2.40. The monoisotopic (exact) mass is 260 g/mol. The van der Waals surface area contributed by atoms with Crippen molar-refractivity contribution in [2.75, 3.05) is 7.11 Å². The normalized spacial score (nSPS) is 55.1. The third-order valence-electron chi connectivity index (χ3n) is 6.92. The Bertz CT molecular complexity index is 546. The SMILES string of the molecule is COC(=O)[C@H]1[C@H]2C=C[C@H]3[C@]1(C)CC(=O)C1C(C)(C)[C@]123. The fraction of sp³-hybridized carbons (Fsp3) is 0.750. The molecule has 4 aliphatic rings. The Hall–Kier alpha value is -1.12. The Morgan fingerprint density at radius 1 is 1.32 bits per heavy atom. The van der Waals surface area contributed by atoms with Crippen molar-refractivity contribution in [1.82, 2.24) is 0 Å². The zero-order valence-corrected chi connectivity index (χ0v) is 11.9. The van der Waals surface area contributed by atoms with E-state index in [0.717, 1.165) is 0 Å². The Morgan fingerprint density at radius 2 is 2.00 bits per heavy atom. The van der Waals surface area contributed by atoms with Crippen molar-refractivity contribution in [3.05, 3.63) is 12.2 Å². The van der Waals surface area contributed by atoms with Crippen molar-refractivity contribution in [2.24, 2.45) is 39.9 Å². The van der Waals surface area contributed by atoms with E-state index >= 15 is 0 Å². The summed E-state index contributed by atoms with van der Waals surface area (Å²) in [7, 11) is 1.46. The average molecular weight is 260 g/mol. The predicted molar refractivity (Wildman–Crippen MR) is 69.1 cm³/mol. The Labute approximate surface area is 113 Å². The van der Waals surface area contributed by atoms with E-state index in [2.05, 4.69) is 32.9 Å². The molecule has 6 atom stereocenters. The lowest BCUT2D eigenvalue weighted by Gasteiger charge is -2.38. The summed E-state index contributed by atoms with van der Waals surface area (Å²) in [5.41, 5.74) is -0.187. The highest BCUT2D eigenvalue weighted by atomic mass is 16.5. The fourth-order valence-corrected chi connectivity index (χ4v) is 6.45. The minimum absolute atomic E-state index is 0.00986. The maximum absolute atomic E-state index is 12.5. The van der Waals surface area contributed by atoms with Gasteiger partial charge in [-0.3, -0.25) is 9.59 Å². The highest BCUT2D eigenvalue weighted by Crippen LogP contribution is 2.89. The molecular weight excluding hydrogens is 240 g/mol. The number of hydrogen-bond acceptors (Lipinski definition) is 3. The van der Waals surface area contributed by atoms with Crippen LogP contribution in [0.25, 0.3) is 0 Å². The largest absolute Gasteiger partial charge is 0.469 e. The number of Topliss-reactive ketones (excluding diaryl/α,β-unsaturated/α-hetero) is 1. The molecule has 3 nitrogen and oxygen atoms in total. The van der Waals surface area contributed by atoms with Crippen molar-refractivity contribution in [1.29, 1.82) is 0 Å². The van der Waals surface area contributed by atoms with Crippen LogP contribution in [0.15, 0.2) is 12.2 Å². The summed E-state index contributed by atoms with van der Waals surface area (Å²) >= 11 is 0. The molecule has 0 aliphatic heterocycles. The number of allylic oxidation sites excluding steroid dienone is 2. The van der Waals surface area contributed by atoms with Gasteiger partial charge in [0.15, 0.2) is 0 Å². The number of carbonyl (C=O) groups is 2. The maximum atomic E-state index is 12.5. The third-order valence-corrected chi connectivity index (χ3v) is 6.92. The van der Waals surface area contributed by atoms with Crippen molar-refractivity contribution < 1.29 is 14.3 Å². The number of rotatable bonds is 1. The number of methoxy groups -OCH3 is 1. The molecule has 0 aromatic heterocycles. The molecule has 0 amide bonds. The summed E-state index contributed by atoms with van der Waals surface area (Å²) in [4.78, 5) is 24.8. The van der Waals surface area contributed by atoms with Crippen LogP contribution in [-0.4, -0.2) is 18.9 Å². The van der Waals surface area contributed by atoms with Gasteiger partial charge in [0, 0.05) is 17.8 Å². The van der Waals surface area contributed by atoms with E-state index in [1.54, 1.807) is 0 Å². The maximum Gasteiger partial charge on any atom is 0.309 e. The van der Waals surface area contributed by atoms with Crippen molar-refractivity contribution in [3.8, 4) is 0 Å². The van der Waals surface area contributed by atoms with Gasteiger partial charge in [-0.05, 0) is 22.7 Å². The summed E-state index contributed by atoms with van der Waals surface area (Å²) in [6.07, 6.45) is 5.00. The second-order valence-electron chi connectivity index (χ2n) is 7.63. The summed E-state index contributed by atoms with van der Waals surface area (Å²) in [6, 6.07) is 0. The Morgan fingerprint density at radius 3 is 2.63 bits per heavy atom. The van der Waals surface area contributed by atoms with Crippen LogP contribution >= 0.6 is 0 Å². The lowest BCUT2D eigenvalue weighted by atomic mass is 9.64. The number of carbonyl (C=O) groups excluding carboxylic acids is 2. The van der Waals surface area contributed by atoms with Crippen LogP contribution in [0.4, 0.5) is 0 Å². The molecule has 3 heteroatoms. The molecule has 4 rings (SSSR count). The second-order valence-corrected chi connectivity index (χ2v) is 7.63. The molecule has 1 spiro atoms. The molecule has 0 saturated heterocycles. The smallest absolute Gasteiger partial charge is 0.309 e. The molecule has 1 unspecified atom stereocenters. The van der Waals surface area contributed by atoms with Gasteiger partial charge in [-0.25, -0.2) is 0 Å². The van der Waals surface area contributed by atoms with Gasteiger partial charge in [-0.1, -0.05) is 32.9 Å². The Balaban J connectivity index is 1.93. The van der Waals surface area contributed by atoms with Gasteiger partial charge >= 0.3 is 5.97 Å². The standard InChI is InChI=1S/C16H20O3/c1-14(2)12-9(17)7-15(3)10-6-5-8(16(10,12)14)11(15)13(18)19-4/h5-6,8,10-12H,7H2,1-4H3/t8-,10+,11-,12?,15+,16-/m1/s1. The minimum atomic E-state index is -0.228. The topological polar surface area (TPSA) is 43.4 Å². The molecular formula is C16H20O3. The summed E-state index contributed by atoms with van der Waals surface area (Å²) < 4.78 is 5.04. The average Bonchev–Trinajstić information content (AvgIpc) is 2.61. The van der Waals surface area contributed by atoms with Crippen LogP contribution in [0, 0.1) is 39.9 Å². The molecule has 3 saturated carbocycles. The van der Waals surface area contributed by atoms with E-state index < -0.39 is 0 Å². The van der Waals surface area contributed by atoms with Crippen LogP contribution in [0.2, 0.25) is 0 Å². The lowest BCUT2D eigenvalue weighted by molar-refractivity contribution is -0.151. The first-order valence-corrected chi connectivity index (χ1v) is 7.12. The van der Waals surface area contributed by atoms with E-state index in [1.165, 1.54) is 7.11 Å². The molecule has 4 aliphatic carbocycles. The third kappa shape index (κ3) is 0.861. The van der Waals surface area contributed by atoms with Gasteiger partial charge < -0.3 is 4.74 Å². The van der Waals surface area contributed by atoms with Gasteiger partial charge in [0.05, 0.1) is 13.0 Å². The van der Waals surface area contributed by atoms with E-state index in [1.807, 2.05) is 0 Å². The zero-order valence-electron chi connectivity index (χ0n) is 11.9. The molecule has 0 radical (unpaired) electrons. The van der Waals surface area contributed by atoms with Gasteiger partial charge in [0.2, 0.25) is 0 Å². The number of hydrogen-bond donors (Lipinski definition) is 0. The summed E-state index contributed by atoms with van der Waals surface area (Å²) in [6.45, 7) is 6.52. The predicted octanol–water partition coefficient (Wildman–Crippen LogP) is 2.21. The molecule has 0 heterocycles. The van der Waals surface area contributed by atoms with Gasteiger partial charge in [0.25, 0.3) is 0 Å². The van der Waals surface area contributed by atoms with E-state index in [-0.39, 0.29) is 40.0 Å². The second kappa shape index (κ2) is 2.82. The quantitative estimate of drug-likeness (QED) is 0.536. The first-order valence-electron chi connectivity index (χ1n) is 7.12. The van der Waals surface area contributed by atoms with Crippen LogP contribution in [0.1, 0.15) is 27.2 Å². The van der Waals surface area contributed by atoms with E-state index in [0.29, 0.717) is 18.1 Å². The fourth-order valence-electron chi connectivity index (χ4n) is 6.45. The number of ketones is 1.